The van der Waals surface area contributed by atoms with E-state index in [0.29, 0.717) is 41.0 Å². The molecule has 4 atom stereocenters. The van der Waals surface area contributed by atoms with Crippen molar-refractivity contribution >= 4 is 12.1 Å². The Balaban J connectivity index is 0.00000289. The Morgan fingerprint density at radius 2 is 2.06 bits per heavy atom. The summed E-state index contributed by atoms with van der Waals surface area (Å²) in [6.45, 7) is 2.62. The third-order valence-corrected chi connectivity index (χ3v) is 7.63. The molecular formula is C24H33N5O5. The second-order valence-corrected chi connectivity index (χ2v) is 9.86. The van der Waals surface area contributed by atoms with Crippen molar-refractivity contribution in [2.45, 2.75) is 51.7 Å². The molecule has 10 heteroatoms. The molecule has 34 heavy (non-hydrogen) atoms. The van der Waals surface area contributed by atoms with Crippen LogP contribution in [0.1, 0.15) is 44.9 Å². The fourth-order valence-corrected chi connectivity index (χ4v) is 5.40. The number of carboxylic acid groups (broad SMARTS) is 1. The summed E-state index contributed by atoms with van der Waals surface area (Å²) in [6.07, 6.45) is 4.89. The number of hydrogen-bond donors (Lipinski definition) is 1. The van der Waals surface area contributed by atoms with Gasteiger partial charge in [0.25, 0.3) is 0 Å². The fourth-order valence-electron chi connectivity index (χ4n) is 5.40. The normalized spacial score (nSPS) is 25.4. The van der Waals surface area contributed by atoms with Crippen LogP contribution in [0.5, 0.6) is 5.75 Å². The topological polar surface area (TPSA) is 120 Å². The van der Waals surface area contributed by atoms with Crippen molar-refractivity contribution in [1.82, 2.24) is 24.9 Å². The third-order valence-electron chi connectivity index (χ3n) is 7.63. The van der Waals surface area contributed by atoms with Crippen LogP contribution < -0.4 is 4.74 Å². The van der Waals surface area contributed by atoms with Crippen LogP contribution in [0.2, 0.25) is 0 Å². The van der Waals surface area contributed by atoms with Gasteiger partial charge in [0.15, 0.2) is 0 Å². The van der Waals surface area contributed by atoms with Crippen LogP contribution in [0, 0.1) is 30.6 Å². The molecule has 1 amide bonds. The van der Waals surface area contributed by atoms with Crippen LogP contribution in [0.4, 0.5) is 4.79 Å². The number of aromatic nitrogens is 4. The summed E-state index contributed by atoms with van der Waals surface area (Å²) in [7, 11) is 3.52. The Bertz CT molecular complexity index is 1100. The van der Waals surface area contributed by atoms with Gasteiger partial charge < -0.3 is 19.5 Å². The molecule has 2 aromatic rings. The molecule has 2 unspecified atom stereocenters. The van der Waals surface area contributed by atoms with E-state index in [0.717, 1.165) is 12.8 Å². The predicted octanol–water partition coefficient (Wildman–Crippen LogP) is 3.29. The highest BCUT2D eigenvalue weighted by Crippen LogP contribution is 2.58. The molecule has 3 aliphatic carbocycles. The van der Waals surface area contributed by atoms with Crippen molar-refractivity contribution in [3.8, 4) is 17.1 Å². The van der Waals surface area contributed by atoms with Crippen LogP contribution in [-0.4, -0.2) is 61.7 Å². The third kappa shape index (κ3) is 4.21. The highest BCUT2D eigenvalue weighted by Gasteiger charge is 2.63. The standard InChI is InChI=1S/C24H31N5O5.H2/c1-13-18(34-19-9-7-15-20(19)21(15)23(30)31)10-8-16(25-13)22-17(29(3)27-26-22)12-33-24(32)28(2)11-14-5-4-6-14;/h8,10,14-15,19-21H,4-7,9,11-12H2,1-3H3,(H,30,31);1H/t15-,19?,20-,21?;/m1./s1. The number of pyridine rings is 1. The Hall–Kier alpha value is -3.17. The Morgan fingerprint density at radius 1 is 1.26 bits per heavy atom. The maximum Gasteiger partial charge on any atom is 0.409 e. The van der Waals surface area contributed by atoms with Crippen molar-refractivity contribution in [2.75, 3.05) is 13.6 Å². The lowest BCUT2D eigenvalue weighted by Gasteiger charge is -2.29. The Labute approximate surface area is 199 Å². The highest BCUT2D eigenvalue weighted by molar-refractivity contribution is 5.75. The minimum atomic E-state index is -0.724. The maximum absolute atomic E-state index is 12.4. The molecule has 0 aliphatic heterocycles. The lowest BCUT2D eigenvalue weighted by Crippen LogP contribution is -2.34. The summed E-state index contributed by atoms with van der Waals surface area (Å²) < 4.78 is 13.3. The first-order chi connectivity index (χ1) is 16.3. The number of aliphatic carboxylic acids is 1. The number of amides is 1. The number of carbonyl (C=O) groups is 2. The summed E-state index contributed by atoms with van der Waals surface area (Å²) in [5.41, 5.74) is 2.53. The van der Waals surface area contributed by atoms with E-state index in [1.54, 1.807) is 23.7 Å². The Kier molecular flexibility index (Phi) is 5.91. The molecule has 0 aromatic carbocycles. The van der Waals surface area contributed by atoms with E-state index in [2.05, 4.69) is 15.3 Å². The molecule has 0 radical (unpaired) electrons. The summed E-state index contributed by atoms with van der Waals surface area (Å²) in [6, 6.07) is 3.66. The van der Waals surface area contributed by atoms with E-state index in [-0.39, 0.29) is 38.0 Å². The summed E-state index contributed by atoms with van der Waals surface area (Å²) in [5.74, 6) is 0.569. The van der Waals surface area contributed by atoms with Gasteiger partial charge in [0, 0.05) is 28.0 Å². The van der Waals surface area contributed by atoms with E-state index < -0.39 is 5.97 Å². The highest BCUT2D eigenvalue weighted by atomic mass is 16.6. The number of ether oxygens (including phenoxy) is 2. The minimum absolute atomic E-state index is 0. The zero-order chi connectivity index (χ0) is 24.0. The summed E-state index contributed by atoms with van der Waals surface area (Å²) in [5, 5.41) is 17.7. The van der Waals surface area contributed by atoms with Gasteiger partial charge in [-0.1, -0.05) is 11.6 Å². The smallest absolute Gasteiger partial charge is 0.409 e. The van der Waals surface area contributed by atoms with Gasteiger partial charge in [0.2, 0.25) is 0 Å². The molecule has 5 rings (SSSR count). The van der Waals surface area contributed by atoms with E-state index in [4.69, 9.17) is 9.47 Å². The first-order valence-corrected chi connectivity index (χ1v) is 12.0. The molecule has 0 saturated heterocycles. The van der Waals surface area contributed by atoms with Crippen molar-refractivity contribution in [1.29, 1.82) is 0 Å². The number of fused-ring (bicyclic) bond motifs is 1. The second kappa shape index (κ2) is 8.88. The van der Waals surface area contributed by atoms with E-state index in [9.17, 15) is 14.7 Å². The molecule has 0 bridgehead atoms. The van der Waals surface area contributed by atoms with Gasteiger partial charge in [-0.3, -0.25) is 4.79 Å². The van der Waals surface area contributed by atoms with Gasteiger partial charge in [0.05, 0.1) is 17.3 Å². The number of aryl methyl sites for hydroxylation is 2. The lowest BCUT2D eigenvalue weighted by atomic mass is 9.85. The fraction of sp³-hybridized carbons (Fsp3) is 0.625. The number of carboxylic acids is 1. The number of rotatable bonds is 8. The van der Waals surface area contributed by atoms with Crippen molar-refractivity contribution in [3.63, 3.8) is 0 Å². The van der Waals surface area contributed by atoms with Crippen LogP contribution in [0.3, 0.4) is 0 Å². The number of nitrogens with zero attached hydrogens (tertiary/aromatic N) is 5. The molecule has 10 nitrogen and oxygen atoms in total. The molecule has 1 N–H and O–H groups in total. The second-order valence-electron chi connectivity index (χ2n) is 9.86. The predicted molar refractivity (Wildman–Crippen MR) is 123 cm³/mol. The maximum atomic E-state index is 12.4. The molecular weight excluding hydrogens is 438 g/mol. The van der Waals surface area contributed by atoms with Crippen molar-refractivity contribution in [2.24, 2.45) is 30.7 Å². The number of hydrogen-bond acceptors (Lipinski definition) is 7. The summed E-state index contributed by atoms with van der Waals surface area (Å²) >= 11 is 0. The molecule has 184 valence electrons. The molecule has 2 aromatic heterocycles. The van der Waals surface area contributed by atoms with Crippen LogP contribution in [-0.2, 0) is 23.2 Å². The first kappa shape index (κ1) is 22.6. The molecule has 3 saturated carbocycles. The van der Waals surface area contributed by atoms with Crippen molar-refractivity contribution < 1.29 is 25.6 Å². The van der Waals surface area contributed by atoms with Crippen LogP contribution >= 0.6 is 0 Å². The zero-order valence-electron chi connectivity index (χ0n) is 19.8. The Morgan fingerprint density at radius 3 is 2.71 bits per heavy atom. The van der Waals surface area contributed by atoms with Crippen molar-refractivity contribution in [3.05, 3.63) is 23.5 Å². The largest absolute Gasteiger partial charge is 0.488 e. The zero-order valence-corrected chi connectivity index (χ0v) is 19.8. The van der Waals surface area contributed by atoms with Gasteiger partial charge in [-0.15, -0.1) is 5.10 Å². The van der Waals surface area contributed by atoms with Crippen LogP contribution in [0.15, 0.2) is 12.1 Å². The summed E-state index contributed by atoms with van der Waals surface area (Å²) in [4.78, 5) is 30.1. The van der Waals surface area contributed by atoms with Gasteiger partial charge >= 0.3 is 12.1 Å². The van der Waals surface area contributed by atoms with E-state index in [1.807, 2.05) is 19.1 Å². The average Bonchev–Trinajstić information content (AvgIpc) is 3.19. The SMILES string of the molecule is Cc1nc(-c2nnn(C)c2COC(=O)N(C)CC2CCC2)ccc1OC1CC[C@H]2C(C(=O)O)[C@@H]12.[HH]. The molecule has 0 spiro atoms. The van der Waals surface area contributed by atoms with Gasteiger partial charge in [-0.25, -0.2) is 14.5 Å². The van der Waals surface area contributed by atoms with Gasteiger partial charge in [0.1, 0.15) is 29.8 Å². The average molecular weight is 472 g/mol. The molecule has 3 aliphatic rings. The van der Waals surface area contributed by atoms with Gasteiger partial charge in [-0.2, -0.15) is 0 Å². The molecule has 2 heterocycles. The van der Waals surface area contributed by atoms with Crippen LogP contribution in [0.25, 0.3) is 11.4 Å². The minimum Gasteiger partial charge on any atom is -0.488 e. The monoisotopic (exact) mass is 471 g/mol. The van der Waals surface area contributed by atoms with E-state index >= 15 is 0 Å². The quantitative estimate of drug-likeness (QED) is 0.623. The van der Waals surface area contributed by atoms with Gasteiger partial charge in [-0.05, 0) is 56.6 Å². The lowest BCUT2D eigenvalue weighted by molar-refractivity contribution is -0.139. The first-order valence-electron chi connectivity index (χ1n) is 12.0. The number of carbonyl (C=O) groups excluding carboxylic acids is 1. The molecule has 3 fully saturated rings. The van der Waals surface area contributed by atoms with E-state index in [1.165, 1.54) is 19.3 Å².